The Morgan fingerprint density at radius 2 is 2.36 bits per heavy atom. The second-order valence-corrected chi connectivity index (χ2v) is 3.15. The summed E-state index contributed by atoms with van der Waals surface area (Å²) in [5.41, 5.74) is 1.20. The highest BCUT2D eigenvalue weighted by atomic mass is 16.3. The van der Waals surface area contributed by atoms with Gasteiger partial charge in [0.2, 0.25) is 0 Å². The molecule has 0 unspecified atom stereocenters. The second kappa shape index (κ2) is 3.96. The van der Waals surface area contributed by atoms with E-state index in [1.165, 1.54) is 5.56 Å². The number of aromatic nitrogens is 1. The maximum absolute atomic E-state index is 5.20. The third kappa shape index (κ3) is 2.13. The Morgan fingerprint density at radius 1 is 1.43 bits per heavy atom. The first-order valence-electron chi connectivity index (χ1n) is 4.53. The van der Waals surface area contributed by atoms with Crippen molar-refractivity contribution in [2.75, 3.05) is 5.32 Å². The van der Waals surface area contributed by atoms with Crippen molar-refractivity contribution in [3.05, 3.63) is 48.0 Å². The molecule has 0 aliphatic rings. The molecule has 2 heterocycles. The highest BCUT2D eigenvalue weighted by Crippen LogP contribution is 2.08. The molecular weight excluding hydrogens is 176 g/mol. The van der Waals surface area contributed by atoms with E-state index in [-0.39, 0.29) is 0 Å². The SMILES string of the molecule is Cc1ccnc(NCc2ccco2)c1. The number of pyridine rings is 1. The monoisotopic (exact) mass is 188 g/mol. The molecule has 0 saturated heterocycles. The highest BCUT2D eigenvalue weighted by Gasteiger charge is 1.96. The number of aryl methyl sites for hydroxylation is 1. The van der Waals surface area contributed by atoms with Crippen molar-refractivity contribution < 1.29 is 4.42 Å². The summed E-state index contributed by atoms with van der Waals surface area (Å²) in [7, 11) is 0. The molecule has 0 aliphatic heterocycles. The van der Waals surface area contributed by atoms with E-state index in [0.29, 0.717) is 6.54 Å². The quantitative estimate of drug-likeness (QED) is 0.804. The van der Waals surface area contributed by atoms with E-state index in [0.717, 1.165) is 11.6 Å². The Morgan fingerprint density at radius 3 is 3.07 bits per heavy atom. The number of rotatable bonds is 3. The number of nitrogens with zero attached hydrogens (tertiary/aromatic N) is 1. The van der Waals surface area contributed by atoms with Gasteiger partial charge in [-0.3, -0.25) is 0 Å². The van der Waals surface area contributed by atoms with Crippen LogP contribution in [-0.4, -0.2) is 4.98 Å². The van der Waals surface area contributed by atoms with Crippen LogP contribution < -0.4 is 5.32 Å². The van der Waals surface area contributed by atoms with Crippen LogP contribution in [0.1, 0.15) is 11.3 Å². The molecule has 2 aromatic heterocycles. The molecule has 3 nitrogen and oxygen atoms in total. The van der Waals surface area contributed by atoms with Gasteiger partial charge in [0.15, 0.2) is 0 Å². The third-order valence-corrected chi connectivity index (χ3v) is 1.94. The molecule has 2 rings (SSSR count). The van der Waals surface area contributed by atoms with E-state index < -0.39 is 0 Å². The van der Waals surface area contributed by atoms with Crippen molar-refractivity contribution >= 4 is 5.82 Å². The molecule has 3 heteroatoms. The van der Waals surface area contributed by atoms with Gasteiger partial charge in [0, 0.05) is 6.20 Å². The lowest BCUT2D eigenvalue weighted by molar-refractivity contribution is 0.518. The average molecular weight is 188 g/mol. The zero-order chi connectivity index (χ0) is 9.80. The van der Waals surface area contributed by atoms with Crippen LogP contribution in [0, 0.1) is 6.92 Å². The minimum absolute atomic E-state index is 0.670. The predicted molar refractivity (Wildman–Crippen MR) is 55.0 cm³/mol. The van der Waals surface area contributed by atoms with Crippen molar-refractivity contribution in [2.45, 2.75) is 13.5 Å². The molecule has 0 bridgehead atoms. The van der Waals surface area contributed by atoms with E-state index in [4.69, 9.17) is 4.42 Å². The van der Waals surface area contributed by atoms with Crippen molar-refractivity contribution in [2.24, 2.45) is 0 Å². The molecule has 0 saturated carbocycles. The minimum atomic E-state index is 0.670. The van der Waals surface area contributed by atoms with Crippen molar-refractivity contribution in [1.29, 1.82) is 0 Å². The molecule has 72 valence electrons. The standard InChI is InChI=1S/C11H12N2O/c1-9-4-5-12-11(7-9)13-8-10-3-2-6-14-10/h2-7H,8H2,1H3,(H,12,13). The summed E-state index contributed by atoms with van der Waals surface area (Å²) in [5.74, 6) is 1.79. The average Bonchev–Trinajstić information content (AvgIpc) is 2.67. The maximum Gasteiger partial charge on any atom is 0.126 e. The number of hydrogen-bond acceptors (Lipinski definition) is 3. The molecule has 0 aliphatic carbocycles. The normalized spacial score (nSPS) is 10.1. The molecule has 0 atom stereocenters. The van der Waals surface area contributed by atoms with E-state index in [2.05, 4.69) is 10.3 Å². The van der Waals surface area contributed by atoms with E-state index in [1.54, 1.807) is 12.5 Å². The number of furan rings is 1. The minimum Gasteiger partial charge on any atom is -0.467 e. The number of anilines is 1. The Kier molecular flexibility index (Phi) is 2.49. The van der Waals surface area contributed by atoms with Crippen molar-refractivity contribution in [3.8, 4) is 0 Å². The first-order chi connectivity index (χ1) is 6.84. The van der Waals surface area contributed by atoms with E-state index >= 15 is 0 Å². The van der Waals surface area contributed by atoms with E-state index in [9.17, 15) is 0 Å². The summed E-state index contributed by atoms with van der Waals surface area (Å²) in [5, 5.41) is 3.18. The van der Waals surface area contributed by atoms with Crippen LogP contribution in [-0.2, 0) is 6.54 Å². The maximum atomic E-state index is 5.20. The number of hydrogen-bond donors (Lipinski definition) is 1. The van der Waals surface area contributed by atoms with Crippen LogP contribution in [0.2, 0.25) is 0 Å². The molecule has 0 aromatic carbocycles. The largest absolute Gasteiger partial charge is 0.467 e. The van der Waals surface area contributed by atoms with Crippen LogP contribution in [0.25, 0.3) is 0 Å². The van der Waals surface area contributed by atoms with Gasteiger partial charge in [0.25, 0.3) is 0 Å². The van der Waals surface area contributed by atoms with Gasteiger partial charge in [-0.1, -0.05) is 0 Å². The number of nitrogens with one attached hydrogen (secondary N) is 1. The van der Waals surface area contributed by atoms with Gasteiger partial charge < -0.3 is 9.73 Å². The molecule has 0 fully saturated rings. The molecule has 14 heavy (non-hydrogen) atoms. The molecule has 2 aromatic rings. The Bertz CT molecular complexity index is 395. The summed E-state index contributed by atoms with van der Waals surface area (Å²) in [6.45, 7) is 2.71. The van der Waals surface area contributed by atoms with E-state index in [1.807, 2.05) is 31.2 Å². The lowest BCUT2D eigenvalue weighted by Gasteiger charge is -2.03. The smallest absolute Gasteiger partial charge is 0.126 e. The van der Waals surface area contributed by atoms with Crippen LogP contribution in [0.4, 0.5) is 5.82 Å². The fourth-order valence-electron chi connectivity index (χ4n) is 1.22. The first kappa shape index (κ1) is 8.81. The topological polar surface area (TPSA) is 38.1 Å². The predicted octanol–water partition coefficient (Wildman–Crippen LogP) is 2.60. The molecule has 1 N–H and O–H groups in total. The second-order valence-electron chi connectivity index (χ2n) is 3.15. The summed E-state index contributed by atoms with van der Waals surface area (Å²) in [6, 6.07) is 7.78. The summed E-state index contributed by atoms with van der Waals surface area (Å²) < 4.78 is 5.20. The lowest BCUT2D eigenvalue weighted by atomic mass is 10.3. The van der Waals surface area contributed by atoms with Crippen LogP contribution >= 0.6 is 0 Å². The Balaban J connectivity index is 1.98. The molecule has 0 amide bonds. The van der Waals surface area contributed by atoms with Gasteiger partial charge in [0.05, 0.1) is 12.8 Å². The molecular formula is C11H12N2O. The third-order valence-electron chi connectivity index (χ3n) is 1.94. The summed E-state index contributed by atoms with van der Waals surface area (Å²) in [6.07, 6.45) is 3.46. The zero-order valence-electron chi connectivity index (χ0n) is 8.03. The summed E-state index contributed by atoms with van der Waals surface area (Å²) in [4.78, 5) is 4.19. The van der Waals surface area contributed by atoms with Gasteiger partial charge in [0.1, 0.15) is 11.6 Å². The van der Waals surface area contributed by atoms with Gasteiger partial charge >= 0.3 is 0 Å². The van der Waals surface area contributed by atoms with Crippen LogP contribution in [0.5, 0.6) is 0 Å². The highest BCUT2D eigenvalue weighted by molar-refractivity contribution is 5.37. The fraction of sp³-hybridized carbons (Fsp3) is 0.182. The van der Waals surface area contributed by atoms with Crippen LogP contribution in [0.15, 0.2) is 41.1 Å². The van der Waals surface area contributed by atoms with Gasteiger partial charge in [-0.25, -0.2) is 4.98 Å². The van der Waals surface area contributed by atoms with Crippen LogP contribution in [0.3, 0.4) is 0 Å². The van der Waals surface area contributed by atoms with Crippen molar-refractivity contribution in [1.82, 2.24) is 4.98 Å². The van der Waals surface area contributed by atoms with Gasteiger partial charge in [-0.05, 0) is 36.8 Å². The Labute approximate surface area is 82.8 Å². The van der Waals surface area contributed by atoms with Gasteiger partial charge in [-0.2, -0.15) is 0 Å². The lowest BCUT2D eigenvalue weighted by Crippen LogP contribution is -1.99. The van der Waals surface area contributed by atoms with Gasteiger partial charge in [-0.15, -0.1) is 0 Å². The zero-order valence-corrected chi connectivity index (χ0v) is 8.03. The summed E-state index contributed by atoms with van der Waals surface area (Å²) >= 11 is 0. The Hall–Kier alpha value is -1.77. The molecule has 0 radical (unpaired) electrons. The van der Waals surface area contributed by atoms with Crippen molar-refractivity contribution in [3.63, 3.8) is 0 Å². The molecule has 0 spiro atoms. The first-order valence-corrected chi connectivity index (χ1v) is 4.53. The fourth-order valence-corrected chi connectivity index (χ4v) is 1.22.